The normalized spacial score (nSPS) is 14.0. The zero-order valence-electron chi connectivity index (χ0n) is 16.4. The van der Waals surface area contributed by atoms with Crippen LogP contribution in [0, 0.1) is 0 Å². The van der Waals surface area contributed by atoms with Crippen LogP contribution in [0.25, 0.3) is 6.08 Å². The summed E-state index contributed by atoms with van der Waals surface area (Å²) in [5, 5.41) is 12.4. The third kappa shape index (κ3) is 4.75. The standard InChI is InChI=1S/C22H24N2O5/c1-28-19-10-16-8-9-24(22(27)12-17(16)11-20(19)29-2)13-21(26)23-18(14-25)15-6-4-3-5-7-15/h3-11,18,25H,12-14H2,1-2H3,(H,23,26)/t18-/m1/s1. The maximum Gasteiger partial charge on any atom is 0.240 e. The number of hydrogen-bond donors (Lipinski definition) is 2. The van der Waals surface area contributed by atoms with Crippen LogP contribution in [0.4, 0.5) is 0 Å². The molecule has 7 heteroatoms. The Morgan fingerprint density at radius 2 is 1.86 bits per heavy atom. The van der Waals surface area contributed by atoms with Crippen LogP contribution in [0.1, 0.15) is 22.7 Å². The van der Waals surface area contributed by atoms with Gasteiger partial charge in [0.15, 0.2) is 11.5 Å². The van der Waals surface area contributed by atoms with E-state index in [0.717, 1.165) is 16.7 Å². The average Bonchev–Trinajstić information content (AvgIpc) is 2.89. The molecule has 0 saturated carbocycles. The fraction of sp³-hybridized carbons (Fsp3) is 0.273. The Labute approximate surface area is 169 Å². The number of carbonyl (C=O) groups excluding carboxylic acids is 2. The molecule has 3 rings (SSSR count). The van der Waals surface area contributed by atoms with Gasteiger partial charge in [-0.15, -0.1) is 0 Å². The maximum absolute atomic E-state index is 12.7. The summed E-state index contributed by atoms with van der Waals surface area (Å²) in [6.45, 7) is -0.370. The van der Waals surface area contributed by atoms with Crippen molar-refractivity contribution in [3.8, 4) is 11.5 Å². The number of aliphatic hydroxyl groups is 1. The largest absolute Gasteiger partial charge is 0.493 e. The molecule has 0 spiro atoms. The zero-order valence-corrected chi connectivity index (χ0v) is 16.4. The van der Waals surface area contributed by atoms with E-state index in [1.807, 2.05) is 30.3 Å². The summed E-state index contributed by atoms with van der Waals surface area (Å²) in [6, 6.07) is 12.2. The number of aliphatic hydroxyl groups excluding tert-OH is 1. The molecule has 1 atom stereocenters. The highest BCUT2D eigenvalue weighted by Gasteiger charge is 2.22. The van der Waals surface area contributed by atoms with E-state index < -0.39 is 6.04 Å². The van der Waals surface area contributed by atoms with E-state index in [9.17, 15) is 14.7 Å². The Hall–Kier alpha value is -3.32. The number of hydrogen-bond acceptors (Lipinski definition) is 5. The molecule has 2 N–H and O–H groups in total. The first kappa shape index (κ1) is 20.4. The van der Waals surface area contributed by atoms with E-state index in [0.29, 0.717) is 11.5 Å². The summed E-state index contributed by atoms with van der Waals surface area (Å²) in [5.41, 5.74) is 2.42. The van der Waals surface area contributed by atoms with Crippen molar-refractivity contribution in [2.24, 2.45) is 0 Å². The van der Waals surface area contributed by atoms with Gasteiger partial charge in [-0.1, -0.05) is 30.3 Å². The predicted molar refractivity (Wildman–Crippen MR) is 108 cm³/mol. The lowest BCUT2D eigenvalue weighted by Crippen LogP contribution is -2.40. The van der Waals surface area contributed by atoms with Crippen molar-refractivity contribution in [2.75, 3.05) is 27.4 Å². The van der Waals surface area contributed by atoms with E-state index in [-0.39, 0.29) is 31.4 Å². The van der Waals surface area contributed by atoms with Crippen LogP contribution in [0.5, 0.6) is 11.5 Å². The summed E-state index contributed by atoms with van der Waals surface area (Å²) in [4.78, 5) is 26.5. The van der Waals surface area contributed by atoms with Crippen molar-refractivity contribution in [3.63, 3.8) is 0 Å². The fourth-order valence-corrected chi connectivity index (χ4v) is 3.22. The third-order valence-corrected chi connectivity index (χ3v) is 4.78. The van der Waals surface area contributed by atoms with Gasteiger partial charge in [-0.3, -0.25) is 9.59 Å². The van der Waals surface area contributed by atoms with E-state index in [1.165, 1.54) is 4.90 Å². The van der Waals surface area contributed by atoms with Crippen molar-refractivity contribution in [1.29, 1.82) is 0 Å². The number of ether oxygens (including phenoxy) is 2. The molecule has 0 aromatic heterocycles. The van der Waals surface area contributed by atoms with Crippen molar-refractivity contribution in [1.82, 2.24) is 10.2 Å². The zero-order chi connectivity index (χ0) is 20.8. The molecule has 0 radical (unpaired) electrons. The molecule has 152 valence electrons. The van der Waals surface area contributed by atoms with Gasteiger partial charge in [-0.25, -0.2) is 0 Å². The molecule has 0 unspecified atom stereocenters. The molecule has 0 bridgehead atoms. The van der Waals surface area contributed by atoms with E-state index in [1.54, 1.807) is 38.6 Å². The second kappa shape index (κ2) is 9.25. The van der Waals surface area contributed by atoms with E-state index in [2.05, 4.69) is 5.32 Å². The van der Waals surface area contributed by atoms with Gasteiger partial charge in [0.2, 0.25) is 11.8 Å². The van der Waals surface area contributed by atoms with Crippen molar-refractivity contribution in [2.45, 2.75) is 12.5 Å². The maximum atomic E-state index is 12.7. The topological polar surface area (TPSA) is 88.1 Å². The lowest BCUT2D eigenvalue weighted by molar-refractivity contribution is -0.133. The predicted octanol–water partition coefficient (Wildman–Crippen LogP) is 1.91. The molecular formula is C22H24N2O5. The molecule has 0 aliphatic carbocycles. The molecule has 2 aromatic carbocycles. The van der Waals surface area contributed by atoms with Gasteiger partial charge in [0.05, 0.1) is 33.3 Å². The highest BCUT2D eigenvalue weighted by Crippen LogP contribution is 2.32. The van der Waals surface area contributed by atoms with Gasteiger partial charge >= 0.3 is 0 Å². The lowest BCUT2D eigenvalue weighted by Gasteiger charge is -2.20. The van der Waals surface area contributed by atoms with Crippen LogP contribution >= 0.6 is 0 Å². The second-order valence-electron chi connectivity index (χ2n) is 6.63. The molecule has 1 aliphatic heterocycles. The molecule has 1 aliphatic rings. The summed E-state index contributed by atoms with van der Waals surface area (Å²) in [6.07, 6.45) is 3.50. The SMILES string of the molecule is COc1cc2c(cc1OC)CC(=O)N(CC(=O)N[C@H](CO)c1ccccc1)C=C2. The molecule has 1 heterocycles. The minimum Gasteiger partial charge on any atom is -0.493 e. The molecule has 2 aromatic rings. The number of carbonyl (C=O) groups is 2. The Bertz CT molecular complexity index is 911. The lowest BCUT2D eigenvalue weighted by atomic mass is 10.0. The van der Waals surface area contributed by atoms with Crippen LogP contribution in [0.2, 0.25) is 0 Å². The quantitative estimate of drug-likeness (QED) is 0.747. The molecule has 0 fully saturated rings. The summed E-state index contributed by atoms with van der Waals surface area (Å²) in [7, 11) is 3.09. The van der Waals surface area contributed by atoms with E-state index in [4.69, 9.17) is 9.47 Å². The number of nitrogens with one attached hydrogen (secondary N) is 1. The van der Waals surface area contributed by atoms with Gasteiger partial charge < -0.3 is 24.8 Å². The number of benzene rings is 2. The molecule has 7 nitrogen and oxygen atoms in total. The molecule has 2 amide bonds. The third-order valence-electron chi connectivity index (χ3n) is 4.78. The van der Waals surface area contributed by atoms with Crippen molar-refractivity contribution in [3.05, 3.63) is 65.4 Å². The van der Waals surface area contributed by atoms with Gasteiger partial charge in [0.25, 0.3) is 0 Å². The second-order valence-corrected chi connectivity index (χ2v) is 6.63. The van der Waals surface area contributed by atoms with Gasteiger partial charge in [0.1, 0.15) is 6.54 Å². The average molecular weight is 396 g/mol. The van der Waals surface area contributed by atoms with Gasteiger partial charge in [-0.2, -0.15) is 0 Å². The van der Waals surface area contributed by atoms with E-state index >= 15 is 0 Å². The fourth-order valence-electron chi connectivity index (χ4n) is 3.22. The van der Waals surface area contributed by atoms with Crippen LogP contribution in [-0.2, 0) is 16.0 Å². The monoisotopic (exact) mass is 396 g/mol. The molecule has 29 heavy (non-hydrogen) atoms. The van der Waals surface area contributed by atoms with Crippen LogP contribution in [-0.4, -0.2) is 49.2 Å². The Kier molecular flexibility index (Phi) is 6.51. The molecule has 0 saturated heterocycles. The Balaban J connectivity index is 1.72. The summed E-state index contributed by atoms with van der Waals surface area (Å²) >= 11 is 0. The van der Waals surface area contributed by atoms with Crippen LogP contribution in [0.15, 0.2) is 48.7 Å². The Morgan fingerprint density at radius 3 is 2.52 bits per heavy atom. The first-order valence-electron chi connectivity index (χ1n) is 9.23. The van der Waals surface area contributed by atoms with Gasteiger partial charge in [-0.05, 0) is 34.9 Å². The number of amides is 2. The first-order valence-corrected chi connectivity index (χ1v) is 9.23. The highest BCUT2D eigenvalue weighted by atomic mass is 16.5. The smallest absolute Gasteiger partial charge is 0.240 e. The first-order chi connectivity index (χ1) is 14.0. The summed E-state index contributed by atoms with van der Waals surface area (Å²) in [5.74, 6) is 0.560. The number of fused-ring (bicyclic) bond motifs is 1. The van der Waals surface area contributed by atoms with Gasteiger partial charge in [0, 0.05) is 6.20 Å². The minimum atomic E-state index is -0.527. The minimum absolute atomic E-state index is 0.137. The number of nitrogens with zero attached hydrogens (tertiary/aromatic N) is 1. The van der Waals surface area contributed by atoms with Crippen molar-refractivity contribution >= 4 is 17.9 Å². The van der Waals surface area contributed by atoms with Crippen LogP contribution in [0.3, 0.4) is 0 Å². The highest BCUT2D eigenvalue weighted by molar-refractivity contribution is 5.89. The Morgan fingerprint density at radius 1 is 1.17 bits per heavy atom. The number of rotatable bonds is 7. The summed E-state index contributed by atoms with van der Waals surface area (Å²) < 4.78 is 10.6. The molecular weight excluding hydrogens is 372 g/mol. The number of methoxy groups -OCH3 is 2. The van der Waals surface area contributed by atoms with Crippen LogP contribution < -0.4 is 14.8 Å². The van der Waals surface area contributed by atoms with Crippen molar-refractivity contribution < 1.29 is 24.2 Å².